The Hall–Kier alpha value is -2.31. The molecule has 6 nitrogen and oxygen atoms in total. The molecule has 0 N–H and O–H groups in total. The highest BCUT2D eigenvalue weighted by Crippen LogP contribution is 2.08. The fourth-order valence-corrected chi connectivity index (χ4v) is 3.05. The molecule has 0 amide bonds. The normalized spacial score (nSPS) is 11.2. The van der Waals surface area contributed by atoms with Gasteiger partial charge in [0, 0.05) is 18.6 Å². The molecule has 0 unspecified atom stereocenters. The van der Waals surface area contributed by atoms with Crippen molar-refractivity contribution < 1.29 is 0 Å². The predicted octanol–water partition coefficient (Wildman–Crippen LogP) is 3.06. The van der Waals surface area contributed by atoms with Crippen LogP contribution in [0.5, 0.6) is 0 Å². The zero-order valence-electron chi connectivity index (χ0n) is 15.5. The standard InChI is InChI=1S/C18H27BN6/c1-4-7-16-10-13-23(20-16)19(24-14-11-17(21-24)8-5-2)25-15-12-18(22-25)9-6-3/h10-15H,4-9H2,1-3H3. The molecule has 0 atom stereocenters. The zero-order valence-corrected chi connectivity index (χ0v) is 15.5. The second-order valence-corrected chi connectivity index (χ2v) is 6.46. The first-order valence-electron chi connectivity index (χ1n) is 9.37. The predicted molar refractivity (Wildman–Crippen MR) is 101 cm³/mol. The van der Waals surface area contributed by atoms with Gasteiger partial charge >= 0.3 is 7.12 Å². The largest absolute Gasteiger partial charge is 0.568 e. The summed E-state index contributed by atoms with van der Waals surface area (Å²) in [6, 6.07) is 6.26. The van der Waals surface area contributed by atoms with E-state index in [4.69, 9.17) is 15.3 Å². The summed E-state index contributed by atoms with van der Waals surface area (Å²) in [5.41, 5.74) is 3.32. The first-order chi connectivity index (χ1) is 12.2. The lowest BCUT2D eigenvalue weighted by Crippen LogP contribution is -2.43. The van der Waals surface area contributed by atoms with E-state index in [2.05, 4.69) is 39.0 Å². The molecule has 3 heterocycles. The van der Waals surface area contributed by atoms with Crippen molar-refractivity contribution in [2.75, 3.05) is 0 Å². The van der Waals surface area contributed by atoms with Crippen LogP contribution in [0.2, 0.25) is 0 Å². The van der Waals surface area contributed by atoms with Crippen molar-refractivity contribution >= 4 is 7.12 Å². The summed E-state index contributed by atoms with van der Waals surface area (Å²) in [6.07, 6.45) is 12.3. The minimum atomic E-state index is -0.207. The summed E-state index contributed by atoms with van der Waals surface area (Å²) in [4.78, 5) is 0. The third-order valence-corrected chi connectivity index (χ3v) is 4.22. The molecular formula is C18H27BN6. The lowest BCUT2D eigenvalue weighted by molar-refractivity contribution is 0.732. The van der Waals surface area contributed by atoms with E-state index in [9.17, 15) is 0 Å². The van der Waals surface area contributed by atoms with E-state index in [1.54, 1.807) is 0 Å². The number of aromatic nitrogens is 6. The van der Waals surface area contributed by atoms with Gasteiger partial charge in [-0.05, 0) is 37.5 Å². The van der Waals surface area contributed by atoms with Gasteiger partial charge in [0.1, 0.15) is 0 Å². The van der Waals surface area contributed by atoms with Gasteiger partial charge in [-0.1, -0.05) is 40.0 Å². The van der Waals surface area contributed by atoms with E-state index in [-0.39, 0.29) is 7.12 Å². The Morgan fingerprint density at radius 2 is 0.960 bits per heavy atom. The molecule has 0 fully saturated rings. The van der Waals surface area contributed by atoms with Crippen molar-refractivity contribution in [3.63, 3.8) is 0 Å². The highest BCUT2D eigenvalue weighted by molar-refractivity contribution is 6.52. The van der Waals surface area contributed by atoms with E-state index < -0.39 is 0 Å². The number of hydrogen-bond acceptors (Lipinski definition) is 3. The number of rotatable bonds is 9. The van der Waals surface area contributed by atoms with E-state index >= 15 is 0 Å². The Kier molecular flexibility index (Phi) is 5.73. The topological polar surface area (TPSA) is 53.5 Å². The number of aryl methyl sites for hydroxylation is 3. The molecule has 0 saturated carbocycles. The summed E-state index contributed by atoms with van der Waals surface area (Å²) in [7, 11) is -0.207. The van der Waals surface area contributed by atoms with Gasteiger partial charge in [-0.25, -0.2) is 0 Å². The molecule has 0 saturated heterocycles. The summed E-state index contributed by atoms with van der Waals surface area (Å²) in [5.74, 6) is 0. The zero-order chi connectivity index (χ0) is 17.6. The fraction of sp³-hybridized carbons (Fsp3) is 0.500. The van der Waals surface area contributed by atoms with Crippen molar-refractivity contribution in [2.45, 2.75) is 59.3 Å². The Morgan fingerprint density at radius 3 is 1.24 bits per heavy atom. The molecule has 7 heteroatoms. The van der Waals surface area contributed by atoms with Gasteiger partial charge in [-0.3, -0.25) is 13.8 Å². The van der Waals surface area contributed by atoms with E-state index in [0.29, 0.717) is 0 Å². The van der Waals surface area contributed by atoms with E-state index in [1.165, 1.54) is 0 Å². The molecule has 132 valence electrons. The number of nitrogens with zero attached hydrogens (tertiary/aromatic N) is 6. The maximum atomic E-state index is 4.76. The highest BCUT2D eigenvalue weighted by atomic mass is 15.4. The Morgan fingerprint density at radius 1 is 0.640 bits per heavy atom. The lowest BCUT2D eigenvalue weighted by atomic mass is 9.96. The van der Waals surface area contributed by atoms with Crippen LogP contribution in [0.1, 0.15) is 57.1 Å². The summed E-state index contributed by atoms with van der Waals surface area (Å²) in [6.45, 7) is 6.52. The summed E-state index contributed by atoms with van der Waals surface area (Å²) < 4.78 is 5.86. The first kappa shape index (κ1) is 17.5. The van der Waals surface area contributed by atoms with Crippen LogP contribution in [0, 0.1) is 0 Å². The van der Waals surface area contributed by atoms with Crippen LogP contribution in [0.4, 0.5) is 0 Å². The molecule has 3 aromatic heterocycles. The number of hydrogen-bond donors (Lipinski definition) is 0. The van der Waals surface area contributed by atoms with Gasteiger partial charge in [0.25, 0.3) is 0 Å². The SMILES string of the molecule is CCCc1ccn(B(n2ccc(CCC)n2)n2ccc(CCC)n2)n1. The molecule has 0 spiro atoms. The molecule has 3 rings (SSSR count). The van der Waals surface area contributed by atoms with Gasteiger partial charge in [-0.2, -0.15) is 15.3 Å². The molecule has 0 bridgehead atoms. The van der Waals surface area contributed by atoms with Crippen LogP contribution < -0.4 is 0 Å². The van der Waals surface area contributed by atoms with Gasteiger partial charge in [0.05, 0.1) is 17.1 Å². The Labute approximate surface area is 150 Å². The van der Waals surface area contributed by atoms with Gasteiger partial charge < -0.3 is 0 Å². The Balaban J connectivity index is 1.96. The second kappa shape index (κ2) is 8.18. The third-order valence-electron chi connectivity index (χ3n) is 4.22. The summed E-state index contributed by atoms with van der Waals surface area (Å²) >= 11 is 0. The molecule has 0 aliphatic carbocycles. The molecule has 25 heavy (non-hydrogen) atoms. The Bertz CT molecular complexity index is 682. The van der Waals surface area contributed by atoms with Gasteiger partial charge in [0.15, 0.2) is 0 Å². The van der Waals surface area contributed by atoms with Crippen LogP contribution in [0.15, 0.2) is 36.8 Å². The van der Waals surface area contributed by atoms with Crippen molar-refractivity contribution in [3.8, 4) is 0 Å². The van der Waals surface area contributed by atoms with E-state index in [1.807, 2.05) is 32.4 Å². The minimum absolute atomic E-state index is 0.207. The van der Waals surface area contributed by atoms with Crippen molar-refractivity contribution in [2.24, 2.45) is 0 Å². The average Bonchev–Trinajstić information content (AvgIpc) is 3.32. The highest BCUT2D eigenvalue weighted by Gasteiger charge is 2.28. The maximum absolute atomic E-state index is 4.76. The van der Waals surface area contributed by atoms with Crippen LogP contribution in [-0.4, -0.2) is 36.2 Å². The fourth-order valence-electron chi connectivity index (χ4n) is 3.05. The van der Waals surface area contributed by atoms with Crippen molar-refractivity contribution in [1.82, 2.24) is 29.1 Å². The first-order valence-corrected chi connectivity index (χ1v) is 9.37. The molecule has 3 aromatic rings. The lowest BCUT2D eigenvalue weighted by Gasteiger charge is -2.13. The van der Waals surface area contributed by atoms with Crippen molar-refractivity contribution in [1.29, 1.82) is 0 Å². The minimum Gasteiger partial charge on any atom is -0.268 e. The summed E-state index contributed by atoms with van der Waals surface area (Å²) in [5, 5.41) is 14.3. The second-order valence-electron chi connectivity index (χ2n) is 6.46. The third kappa shape index (κ3) is 4.03. The van der Waals surface area contributed by atoms with Crippen molar-refractivity contribution in [3.05, 3.63) is 53.9 Å². The maximum Gasteiger partial charge on any atom is 0.568 e. The molecule has 0 radical (unpaired) electrons. The molecule has 0 aliphatic heterocycles. The molecule has 0 aliphatic rings. The average molecular weight is 338 g/mol. The van der Waals surface area contributed by atoms with Gasteiger partial charge in [0.2, 0.25) is 0 Å². The van der Waals surface area contributed by atoms with Crippen LogP contribution >= 0.6 is 0 Å². The quantitative estimate of drug-likeness (QED) is 0.564. The van der Waals surface area contributed by atoms with E-state index in [0.717, 1.165) is 55.6 Å². The van der Waals surface area contributed by atoms with Crippen LogP contribution in [-0.2, 0) is 19.3 Å². The monoisotopic (exact) mass is 338 g/mol. The van der Waals surface area contributed by atoms with Gasteiger partial charge in [-0.15, -0.1) is 0 Å². The van der Waals surface area contributed by atoms with Crippen LogP contribution in [0.3, 0.4) is 0 Å². The smallest absolute Gasteiger partial charge is 0.268 e. The van der Waals surface area contributed by atoms with Crippen LogP contribution in [0.25, 0.3) is 0 Å². The molecular weight excluding hydrogens is 311 g/mol. The molecule has 0 aromatic carbocycles.